The normalized spacial score (nSPS) is 17.0. The van der Waals surface area contributed by atoms with Crippen LogP contribution in [0.2, 0.25) is 0 Å². The van der Waals surface area contributed by atoms with E-state index in [9.17, 15) is 0 Å². The Hall–Kier alpha value is -0.860. The molecule has 0 radical (unpaired) electrons. The lowest BCUT2D eigenvalue weighted by atomic mass is 9.83. The van der Waals surface area contributed by atoms with Gasteiger partial charge in [0, 0.05) is 18.1 Å². The summed E-state index contributed by atoms with van der Waals surface area (Å²) in [7, 11) is 4.34. The summed E-state index contributed by atoms with van der Waals surface area (Å²) < 4.78 is 0. The van der Waals surface area contributed by atoms with Gasteiger partial charge in [-0.05, 0) is 37.9 Å². The van der Waals surface area contributed by atoms with Crippen molar-refractivity contribution in [3.8, 4) is 0 Å². The average Bonchev–Trinajstić information content (AvgIpc) is 2.42. The van der Waals surface area contributed by atoms with Crippen molar-refractivity contribution >= 4 is 0 Å². The van der Waals surface area contributed by atoms with E-state index in [2.05, 4.69) is 96.2 Å². The minimum absolute atomic E-state index is 0.275. The molecule has 0 aliphatic carbocycles. The van der Waals surface area contributed by atoms with Gasteiger partial charge in [0.25, 0.3) is 0 Å². The van der Waals surface area contributed by atoms with Crippen LogP contribution in [0.15, 0.2) is 30.3 Å². The van der Waals surface area contributed by atoms with E-state index in [1.165, 1.54) is 5.56 Å². The van der Waals surface area contributed by atoms with Crippen molar-refractivity contribution in [2.24, 2.45) is 11.3 Å². The summed E-state index contributed by atoms with van der Waals surface area (Å²) in [5.74, 6) is 0.581. The lowest BCUT2D eigenvalue weighted by molar-refractivity contribution is 0.0547. The van der Waals surface area contributed by atoms with Gasteiger partial charge in [-0.25, -0.2) is 0 Å². The zero-order valence-electron chi connectivity index (χ0n) is 15.1. The summed E-state index contributed by atoms with van der Waals surface area (Å²) in [6.07, 6.45) is 0. The van der Waals surface area contributed by atoms with Gasteiger partial charge < -0.3 is 5.32 Å². The second kappa shape index (κ2) is 7.42. The van der Waals surface area contributed by atoms with E-state index in [1.54, 1.807) is 0 Å². The number of hydrogen-bond donors (Lipinski definition) is 1. The Balaban J connectivity index is 3.10. The smallest absolute Gasteiger partial charge is 0.0478 e. The molecule has 0 fully saturated rings. The van der Waals surface area contributed by atoms with Gasteiger partial charge in [0.15, 0.2) is 0 Å². The first-order chi connectivity index (χ1) is 9.70. The Labute approximate surface area is 131 Å². The van der Waals surface area contributed by atoms with Gasteiger partial charge in [0.2, 0.25) is 0 Å². The van der Waals surface area contributed by atoms with Crippen molar-refractivity contribution in [1.29, 1.82) is 0 Å². The Morgan fingerprint density at radius 3 is 1.90 bits per heavy atom. The maximum absolute atomic E-state index is 3.55. The molecule has 0 amide bonds. The van der Waals surface area contributed by atoms with Crippen molar-refractivity contribution in [2.45, 2.75) is 59.7 Å². The zero-order chi connectivity index (χ0) is 16.2. The number of rotatable bonds is 6. The minimum atomic E-state index is 0.275. The molecule has 21 heavy (non-hydrogen) atoms. The van der Waals surface area contributed by atoms with Gasteiger partial charge >= 0.3 is 0 Å². The predicted octanol–water partition coefficient (Wildman–Crippen LogP) is 4.34. The van der Waals surface area contributed by atoms with Crippen LogP contribution in [0.5, 0.6) is 0 Å². The third kappa shape index (κ3) is 4.55. The fourth-order valence-corrected chi connectivity index (χ4v) is 3.15. The molecule has 2 heteroatoms. The van der Waals surface area contributed by atoms with Crippen LogP contribution >= 0.6 is 0 Å². The SMILES string of the molecule is CNC(c1ccccc1)C(C(C)C)N(C)C(C)C(C)(C)C. The largest absolute Gasteiger partial charge is 0.312 e. The molecule has 0 spiro atoms. The van der Waals surface area contributed by atoms with Gasteiger partial charge in [-0.3, -0.25) is 4.90 Å². The van der Waals surface area contributed by atoms with E-state index < -0.39 is 0 Å². The summed E-state index contributed by atoms with van der Waals surface area (Å²) in [6.45, 7) is 14.0. The summed E-state index contributed by atoms with van der Waals surface area (Å²) in [5, 5.41) is 3.55. The van der Waals surface area contributed by atoms with Crippen molar-refractivity contribution in [3.05, 3.63) is 35.9 Å². The van der Waals surface area contributed by atoms with Crippen LogP contribution in [-0.2, 0) is 0 Å². The quantitative estimate of drug-likeness (QED) is 0.838. The van der Waals surface area contributed by atoms with Crippen molar-refractivity contribution < 1.29 is 0 Å². The molecular formula is C19H34N2. The highest BCUT2D eigenvalue weighted by atomic mass is 15.2. The minimum Gasteiger partial charge on any atom is -0.312 e. The molecule has 0 aromatic heterocycles. The fraction of sp³-hybridized carbons (Fsp3) is 0.684. The molecule has 3 atom stereocenters. The monoisotopic (exact) mass is 290 g/mol. The highest BCUT2D eigenvalue weighted by Gasteiger charge is 2.34. The molecule has 1 N–H and O–H groups in total. The average molecular weight is 290 g/mol. The molecule has 0 aliphatic heterocycles. The first-order valence-electron chi connectivity index (χ1n) is 8.14. The maximum Gasteiger partial charge on any atom is 0.0478 e. The molecule has 0 bridgehead atoms. The van der Waals surface area contributed by atoms with Crippen LogP contribution in [0.25, 0.3) is 0 Å². The van der Waals surface area contributed by atoms with Crippen molar-refractivity contribution in [1.82, 2.24) is 10.2 Å². The second-order valence-corrected chi connectivity index (χ2v) is 7.62. The third-order valence-electron chi connectivity index (χ3n) is 4.83. The highest BCUT2D eigenvalue weighted by molar-refractivity contribution is 5.21. The Kier molecular flexibility index (Phi) is 6.42. The summed E-state index contributed by atoms with van der Waals surface area (Å²) in [6, 6.07) is 12.1. The lowest BCUT2D eigenvalue weighted by Gasteiger charge is -2.45. The molecule has 1 aromatic carbocycles. The van der Waals surface area contributed by atoms with Crippen LogP contribution in [-0.4, -0.2) is 31.1 Å². The Morgan fingerprint density at radius 1 is 1.00 bits per heavy atom. The molecule has 3 unspecified atom stereocenters. The standard InChI is InChI=1S/C19H34N2/c1-14(2)18(21(8)15(3)19(4,5)6)17(20-7)16-12-10-9-11-13-16/h9-15,17-18,20H,1-8H3. The molecule has 120 valence electrons. The van der Waals surface area contributed by atoms with Crippen LogP contribution in [0.3, 0.4) is 0 Å². The predicted molar refractivity (Wildman–Crippen MR) is 93.5 cm³/mol. The van der Waals surface area contributed by atoms with E-state index in [0.29, 0.717) is 24.0 Å². The van der Waals surface area contributed by atoms with E-state index in [4.69, 9.17) is 0 Å². The third-order valence-corrected chi connectivity index (χ3v) is 4.83. The first-order valence-corrected chi connectivity index (χ1v) is 8.14. The summed E-state index contributed by atoms with van der Waals surface area (Å²) in [5.41, 5.74) is 1.64. The lowest BCUT2D eigenvalue weighted by Crippen LogP contribution is -2.52. The Bertz CT molecular complexity index is 405. The van der Waals surface area contributed by atoms with Gasteiger partial charge in [0.1, 0.15) is 0 Å². The number of nitrogens with zero attached hydrogens (tertiary/aromatic N) is 1. The maximum atomic E-state index is 3.55. The van der Waals surface area contributed by atoms with E-state index in [1.807, 2.05) is 0 Å². The van der Waals surface area contributed by atoms with Crippen molar-refractivity contribution in [2.75, 3.05) is 14.1 Å². The van der Waals surface area contributed by atoms with E-state index in [-0.39, 0.29) is 5.41 Å². The van der Waals surface area contributed by atoms with Crippen LogP contribution < -0.4 is 5.32 Å². The molecular weight excluding hydrogens is 256 g/mol. The molecule has 0 saturated carbocycles. The number of nitrogens with one attached hydrogen (secondary N) is 1. The molecule has 0 aliphatic rings. The summed E-state index contributed by atoms with van der Waals surface area (Å²) in [4.78, 5) is 2.55. The topological polar surface area (TPSA) is 15.3 Å². The van der Waals surface area contributed by atoms with Gasteiger partial charge in [0.05, 0.1) is 0 Å². The van der Waals surface area contributed by atoms with E-state index in [0.717, 1.165) is 0 Å². The highest BCUT2D eigenvalue weighted by Crippen LogP contribution is 2.32. The molecule has 0 saturated heterocycles. The van der Waals surface area contributed by atoms with Gasteiger partial charge in [-0.15, -0.1) is 0 Å². The molecule has 1 aromatic rings. The second-order valence-electron chi connectivity index (χ2n) is 7.62. The van der Waals surface area contributed by atoms with Gasteiger partial charge in [-0.2, -0.15) is 0 Å². The van der Waals surface area contributed by atoms with Crippen molar-refractivity contribution in [3.63, 3.8) is 0 Å². The fourth-order valence-electron chi connectivity index (χ4n) is 3.15. The van der Waals surface area contributed by atoms with E-state index >= 15 is 0 Å². The van der Waals surface area contributed by atoms with Crippen LogP contribution in [0.1, 0.15) is 53.1 Å². The zero-order valence-corrected chi connectivity index (χ0v) is 15.1. The number of hydrogen-bond acceptors (Lipinski definition) is 2. The van der Waals surface area contributed by atoms with Crippen LogP contribution in [0, 0.1) is 11.3 Å². The number of benzene rings is 1. The number of likely N-dealkylation sites (N-methyl/N-ethyl adjacent to an activating group) is 2. The Morgan fingerprint density at radius 2 is 1.52 bits per heavy atom. The molecule has 2 nitrogen and oxygen atoms in total. The van der Waals surface area contributed by atoms with Crippen LogP contribution in [0.4, 0.5) is 0 Å². The van der Waals surface area contributed by atoms with Gasteiger partial charge in [-0.1, -0.05) is 65.0 Å². The molecule has 0 heterocycles. The molecule has 1 rings (SSSR count). The summed E-state index contributed by atoms with van der Waals surface area (Å²) >= 11 is 0. The first kappa shape index (κ1) is 18.2.